The molecule has 2 unspecified atom stereocenters. The van der Waals surface area contributed by atoms with Crippen LogP contribution in [0, 0.1) is 6.92 Å². The van der Waals surface area contributed by atoms with Gasteiger partial charge < -0.3 is 9.88 Å². The zero-order valence-electron chi connectivity index (χ0n) is 12.6. The molecule has 0 bridgehead atoms. The second kappa shape index (κ2) is 5.34. The van der Waals surface area contributed by atoms with E-state index in [0.717, 1.165) is 35.3 Å². The Bertz CT molecular complexity index is 688. The molecule has 1 N–H and O–H groups in total. The van der Waals surface area contributed by atoms with E-state index in [2.05, 4.69) is 16.4 Å². The fourth-order valence-electron chi connectivity index (χ4n) is 2.58. The molecule has 0 saturated heterocycles. The van der Waals surface area contributed by atoms with Crippen molar-refractivity contribution in [2.24, 2.45) is 0 Å². The van der Waals surface area contributed by atoms with Crippen molar-refractivity contribution in [1.82, 2.24) is 14.9 Å². The molecule has 1 saturated carbocycles. The molecule has 5 heteroatoms. The van der Waals surface area contributed by atoms with Crippen LogP contribution in [0.25, 0.3) is 11.0 Å². The summed E-state index contributed by atoms with van der Waals surface area (Å²) in [6.07, 6.45) is 2.17. The number of imidazole rings is 1. The average Bonchev–Trinajstić information content (AvgIpc) is 3.16. The number of hydrogen-bond donors (Lipinski definition) is 1. The van der Waals surface area contributed by atoms with Gasteiger partial charge in [-0.15, -0.1) is 11.6 Å². The van der Waals surface area contributed by atoms with Crippen molar-refractivity contribution in [2.45, 2.75) is 51.1 Å². The Morgan fingerprint density at radius 1 is 1.43 bits per heavy atom. The predicted octanol–water partition coefficient (Wildman–Crippen LogP) is 3.48. The zero-order chi connectivity index (χ0) is 15.1. The molecule has 3 rings (SSSR count). The summed E-state index contributed by atoms with van der Waals surface area (Å²) >= 11 is 6.27. The summed E-state index contributed by atoms with van der Waals surface area (Å²) < 4.78 is 1.97. The number of carbonyl (C=O) groups is 1. The van der Waals surface area contributed by atoms with E-state index in [1.165, 1.54) is 0 Å². The highest BCUT2D eigenvalue weighted by molar-refractivity contribution is 6.20. The summed E-state index contributed by atoms with van der Waals surface area (Å²) in [5.74, 6) is 0.785. The molecule has 4 nitrogen and oxygen atoms in total. The molecule has 1 aliphatic carbocycles. The van der Waals surface area contributed by atoms with Crippen LogP contribution in [0.15, 0.2) is 18.2 Å². The SMILES string of the molecule is Cc1ccc2nc(C(C)Cl)n(C(C)C(=O)NC3CC3)c2c1. The van der Waals surface area contributed by atoms with Gasteiger partial charge in [0.2, 0.25) is 5.91 Å². The Labute approximate surface area is 129 Å². The van der Waals surface area contributed by atoms with Crippen LogP contribution < -0.4 is 5.32 Å². The van der Waals surface area contributed by atoms with Crippen LogP contribution in [0.4, 0.5) is 0 Å². The van der Waals surface area contributed by atoms with Crippen molar-refractivity contribution < 1.29 is 4.79 Å². The van der Waals surface area contributed by atoms with E-state index in [-0.39, 0.29) is 17.3 Å². The fraction of sp³-hybridized carbons (Fsp3) is 0.500. The van der Waals surface area contributed by atoms with E-state index in [1.54, 1.807) is 0 Å². The molecule has 0 aliphatic heterocycles. The van der Waals surface area contributed by atoms with Crippen molar-refractivity contribution in [3.63, 3.8) is 0 Å². The number of alkyl halides is 1. The third-order valence-corrected chi connectivity index (χ3v) is 4.11. The second-order valence-electron chi connectivity index (χ2n) is 5.91. The molecule has 1 aliphatic rings. The van der Waals surface area contributed by atoms with Gasteiger partial charge in [0, 0.05) is 6.04 Å². The van der Waals surface area contributed by atoms with Crippen molar-refractivity contribution in [3.05, 3.63) is 29.6 Å². The largest absolute Gasteiger partial charge is 0.352 e. The van der Waals surface area contributed by atoms with Gasteiger partial charge in [0.25, 0.3) is 0 Å². The van der Waals surface area contributed by atoms with Gasteiger partial charge in [-0.05, 0) is 51.3 Å². The van der Waals surface area contributed by atoms with E-state index >= 15 is 0 Å². The molecule has 112 valence electrons. The van der Waals surface area contributed by atoms with Crippen LogP contribution in [0.2, 0.25) is 0 Å². The number of aromatic nitrogens is 2. The summed E-state index contributed by atoms with van der Waals surface area (Å²) in [5.41, 5.74) is 3.00. The van der Waals surface area contributed by atoms with E-state index in [1.807, 2.05) is 37.5 Å². The summed E-state index contributed by atoms with van der Waals surface area (Å²) in [7, 11) is 0. The van der Waals surface area contributed by atoms with Crippen molar-refractivity contribution in [3.8, 4) is 0 Å². The van der Waals surface area contributed by atoms with Crippen LogP contribution in [-0.2, 0) is 4.79 Å². The van der Waals surface area contributed by atoms with Gasteiger partial charge in [0.1, 0.15) is 11.9 Å². The molecular formula is C16H20ClN3O. The van der Waals surface area contributed by atoms with Crippen LogP contribution in [0.1, 0.15) is 49.5 Å². The van der Waals surface area contributed by atoms with Gasteiger partial charge in [0.15, 0.2) is 0 Å². The van der Waals surface area contributed by atoms with Gasteiger partial charge in [-0.3, -0.25) is 4.79 Å². The molecule has 1 heterocycles. The van der Waals surface area contributed by atoms with E-state index < -0.39 is 0 Å². The lowest BCUT2D eigenvalue weighted by Crippen LogP contribution is -2.33. The molecular weight excluding hydrogens is 286 g/mol. The summed E-state index contributed by atoms with van der Waals surface area (Å²) in [5, 5.41) is 2.81. The topological polar surface area (TPSA) is 46.9 Å². The van der Waals surface area contributed by atoms with Crippen molar-refractivity contribution in [2.75, 3.05) is 0 Å². The van der Waals surface area contributed by atoms with E-state index in [4.69, 9.17) is 11.6 Å². The molecule has 0 radical (unpaired) electrons. The number of fused-ring (bicyclic) bond motifs is 1. The number of rotatable bonds is 4. The minimum atomic E-state index is -0.311. The number of amides is 1. The Morgan fingerprint density at radius 2 is 2.14 bits per heavy atom. The Morgan fingerprint density at radius 3 is 2.76 bits per heavy atom. The highest BCUT2D eigenvalue weighted by Crippen LogP contribution is 2.29. The fourth-order valence-corrected chi connectivity index (χ4v) is 2.73. The number of halogens is 1. The third-order valence-electron chi connectivity index (χ3n) is 3.92. The van der Waals surface area contributed by atoms with Gasteiger partial charge in [0.05, 0.1) is 16.4 Å². The maximum atomic E-state index is 12.4. The van der Waals surface area contributed by atoms with Gasteiger partial charge >= 0.3 is 0 Å². The normalized spacial score (nSPS) is 17.7. The third kappa shape index (κ3) is 2.77. The predicted molar refractivity (Wildman–Crippen MR) is 84.6 cm³/mol. The van der Waals surface area contributed by atoms with E-state index in [9.17, 15) is 4.79 Å². The number of nitrogens with one attached hydrogen (secondary N) is 1. The number of nitrogens with zero attached hydrogens (tertiary/aromatic N) is 2. The first kappa shape index (κ1) is 14.4. The zero-order valence-corrected chi connectivity index (χ0v) is 13.3. The quantitative estimate of drug-likeness (QED) is 0.879. The molecule has 1 fully saturated rings. The first-order valence-corrected chi connectivity index (χ1v) is 7.84. The van der Waals surface area contributed by atoms with Crippen LogP contribution in [0.5, 0.6) is 0 Å². The van der Waals surface area contributed by atoms with Gasteiger partial charge in [-0.25, -0.2) is 4.98 Å². The molecule has 1 aromatic heterocycles. The highest BCUT2D eigenvalue weighted by Gasteiger charge is 2.28. The maximum Gasteiger partial charge on any atom is 0.243 e. The van der Waals surface area contributed by atoms with Crippen molar-refractivity contribution in [1.29, 1.82) is 0 Å². The highest BCUT2D eigenvalue weighted by atomic mass is 35.5. The summed E-state index contributed by atoms with van der Waals surface area (Å²) in [6, 6.07) is 6.11. The molecule has 1 aromatic carbocycles. The van der Waals surface area contributed by atoms with Crippen molar-refractivity contribution >= 4 is 28.5 Å². The van der Waals surface area contributed by atoms with Crippen LogP contribution in [0.3, 0.4) is 0 Å². The molecule has 21 heavy (non-hydrogen) atoms. The minimum Gasteiger partial charge on any atom is -0.352 e. The number of aryl methyl sites for hydroxylation is 1. The first-order chi connectivity index (χ1) is 9.97. The minimum absolute atomic E-state index is 0.0388. The van der Waals surface area contributed by atoms with E-state index in [0.29, 0.717) is 6.04 Å². The first-order valence-electron chi connectivity index (χ1n) is 7.40. The summed E-state index contributed by atoms with van der Waals surface area (Å²) in [6.45, 7) is 5.83. The number of hydrogen-bond acceptors (Lipinski definition) is 2. The molecule has 1 amide bonds. The molecule has 2 atom stereocenters. The average molecular weight is 306 g/mol. The lowest BCUT2D eigenvalue weighted by Gasteiger charge is -2.18. The smallest absolute Gasteiger partial charge is 0.243 e. The second-order valence-corrected chi connectivity index (χ2v) is 6.56. The maximum absolute atomic E-state index is 12.4. The standard InChI is InChI=1S/C16H20ClN3O/c1-9-4-7-13-14(8-9)20(15(19-13)10(2)17)11(3)16(21)18-12-5-6-12/h4,7-8,10-12H,5-6H2,1-3H3,(H,18,21). The number of benzene rings is 1. The van der Waals surface area contributed by atoms with Crippen LogP contribution >= 0.6 is 11.6 Å². The lowest BCUT2D eigenvalue weighted by atomic mass is 10.2. The van der Waals surface area contributed by atoms with Gasteiger partial charge in [-0.2, -0.15) is 0 Å². The van der Waals surface area contributed by atoms with Crippen LogP contribution in [-0.4, -0.2) is 21.5 Å². The number of carbonyl (C=O) groups excluding carboxylic acids is 1. The Hall–Kier alpha value is -1.55. The molecule has 0 spiro atoms. The monoisotopic (exact) mass is 305 g/mol. The Balaban J connectivity index is 2.06. The molecule has 2 aromatic rings. The van der Waals surface area contributed by atoms with Gasteiger partial charge in [-0.1, -0.05) is 6.07 Å². The Kier molecular flexibility index (Phi) is 3.66. The lowest BCUT2D eigenvalue weighted by molar-refractivity contribution is -0.124. The summed E-state index contributed by atoms with van der Waals surface area (Å²) in [4.78, 5) is 17.0.